The van der Waals surface area contributed by atoms with E-state index in [0.717, 1.165) is 30.8 Å². The molecule has 2 aromatic heterocycles. The molecule has 158 valence electrons. The predicted molar refractivity (Wildman–Crippen MR) is 106 cm³/mol. The third-order valence-electron chi connectivity index (χ3n) is 4.86. The number of aliphatic carboxylic acids is 1. The predicted octanol–water partition coefficient (Wildman–Crippen LogP) is 2.76. The molecule has 1 atom stereocenters. The number of nitrogens with one attached hydrogen (secondary N) is 2. The molecule has 10 heteroatoms. The van der Waals surface area contributed by atoms with E-state index in [2.05, 4.69) is 25.4 Å². The molecule has 0 saturated carbocycles. The summed E-state index contributed by atoms with van der Waals surface area (Å²) >= 11 is 0. The zero-order valence-electron chi connectivity index (χ0n) is 16.3. The number of hydrogen-bond acceptors (Lipinski definition) is 8. The standard InChI is InChI=1S/C20H23N5O5/c26-20(27)9-14(13-4-5-15-16(7-13)29-12-28-15)8-19-24-17(25-30-19)3-1-2-6-22-18-10-21-11-23-18/h4-5,7,10-11,14,22H,1-3,6,8-9,12H2,(H,21,23)(H,26,27). The van der Waals surface area contributed by atoms with Gasteiger partial charge in [0.15, 0.2) is 17.3 Å². The molecule has 3 heterocycles. The number of aromatic nitrogens is 4. The van der Waals surface area contributed by atoms with Crippen LogP contribution in [0, 0.1) is 0 Å². The lowest BCUT2D eigenvalue weighted by molar-refractivity contribution is -0.137. The molecule has 1 aliphatic heterocycles. The van der Waals surface area contributed by atoms with Crippen LogP contribution in [0.15, 0.2) is 35.2 Å². The van der Waals surface area contributed by atoms with E-state index < -0.39 is 5.97 Å². The Morgan fingerprint density at radius 2 is 2.17 bits per heavy atom. The molecule has 0 amide bonds. The maximum absolute atomic E-state index is 11.4. The average molecular weight is 413 g/mol. The van der Waals surface area contributed by atoms with E-state index in [4.69, 9.17) is 14.0 Å². The maximum atomic E-state index is 11.4. The van der Waals surface area contributed by atoms with Crippen molar-refractivity contribution in [3.8, 4) is 11.5 Å². The number of carbonyl (C=O) groups is 1. The van der Waals surface area contributed by atoms with Crippen LogP contribution in [-0.2, 0) is 17.6 Å². The van der Waals surface area contributed by atoms with Crippen LogP contribution < -0.4 is 14.8 Å². The van der Waals surface area contributed by atoms with Gasteiger partial charge >= 0.3 is 5.97 Å². The van der Waals surface area contributed by atoms with Gasteiger partial charge in [-0.3, -0.25) is 4.79 Å². The summed E-state index contributed by atoms with van der Waals surface area (Å²) in [5.74, 6) is 2.06. The number of H-pyrrole nitrogens is 1. The molecule has 0 saturated heterocycles. The molecule has 30 heavy (non-hydrogen) atoms. The molecular weight excluding hydrogens is 390 g/mol. The van der Waals surface area contributed by atoms with Gasteiger partial charge in [0.2, 0.25) is 12.7 Å². The van der Waals surface area contributed by atoms with Crippen LogP contribution in [0.5, 0.6) is 11.5 Å². The summed E-state index contributed by atoms with van der Waals surface area (Å²) in [5.41, 5.74) is 0.839. The quantitative estimate of drug-likeness (QED) is 0.405. The number of carboxylic acid groups (broad SMARTS) is 1. The minimum atomic E-state index is -0.887. The normalized spacial score (nSPS) is 13.3. The molecule has 0 aliphatic carbocycles. The number of anilines is 1. The third kappa shape index (κ3) is 5.07. The molecule has 1 aromatic carbocycles. The average Bonchev–Trinajstić information content (AvgIpc) is 3.48. The number of benzene rings is 1. The number of carboxylic acids is 1. The van der Waals surface area contributed by atoms with Gasteiger partial charge in [-0.2, -0.15) is 4.98 Å². The number of aromatic amines is 1. The first-order chi connectivity index (χ1) is 14.7. The van der Waals surface area contributed by atoms with E-state index in [1.807, 2.05) is 12.1 Å². The number of ether oxygens (including phenoxy) is 2. The van der Waals surface area contributed by atoms with Crippen molar-refractivity contribution in [2.45, 2.75) is 38.0 Å². The van der Waals surface area contributed by atoms with Crippen LogP contribution in [0.4, 0.5) is 5.82 Å². The van der Waals surface area contributed by atoms with Crippen molar-refractivity contribution >= 4 is 11.8 Å². The van der Waals surface area contributed by atoms with Crippen molar-refractivity contribution in [2.75, 3.05) is 18.7 Å². The van der Waals surface area contributed by atoms with E-state index in [1.54, 1.807) is 18.6 Å². The van der Waals surface area contributed by atoms with Crippen molar-refractivity contribution in [1.82, 2.24) is 20.1 Å². The van der Waals surface area contributed by atoms with Crippen molar-refractivity contribution in [1.29, 1.82) is 0 Å². The second-order valence-electron chi connectivity index (χ2n) is 7.07. The summed E-state index contributed by atoms with van der Waals surface area (Å²) in [6.07, 6.45) is 6.21. The van der Waals surface area contributed by atoms with E-state index in [1.165, 1.54) is 0 Å². The Morgan fingerprint density at radius 1 is 1.27 bits per heavy atom. The number of unbranched alkanes of at least 4 members (excludes halogenated alkanes) is 1. The smallest absolute Gasteiger partial charge is 0.303 e. The lowest BCUT2D eigenvalue weighted by Crippen LogP contribution is -2.09. The Kier molecular flexibility index (Phi) is 6.11. The van der Waals surface area contributed by atoms with Gasteiger partial charge in [0.1, 0.15) is 5.82 Å². The topological polar surface area (TPSA) is 135 Å². The number of rotatable bonds is 11. The highest BCUT2D eigenvalue weighted by molar-refractivity contribution is 5.68. The van der Waals surface area contributed by atoms with E-state index in [0.29, 0.717) is 36.1 Å². The van der Waals surface area contributed by atoms with Gasteiger partial charge in [-0.25, -0.2) is 4.98 Å². The number of imidazole rings is 1. The second kappa shape index (κ2) is 9.29. The highest BCUT2D eigenvalue weighted by Crippen LogP contribution is 2.36. The second-order valence-corrected chi connectivity index (χ2v) is 7.07. The molecule has 4 rings (SSSR count). The molecule has 0 fully saturated rings. The van der Waals surface area contributed by atoms with Crippen LogP contribution in [0.3, 0.4) is 0 Å². The summed E-state index contributed by atoms with van der Waals surface area (Å²) in [6, 6.07) is 5.47. The molecule has 1 unspecified atom stereocenters. The molecular formula is C20H23N5O5. The Labute approximate surface area is 172 Å². The lowest BCUT2D eigenvalue weighted by Gasteiger charge is -2.13. The molecule has 3 N–H and O–H groups in total. The fourth-order valence-corrected chi connectivity index (χ4v) is 3.35. The lowest BCUT2D eigenvalue weighted by atomic mass is 9.92. The zero-order chi connectivity index (χ0) is 20.8. The number of aryl methyl sites for hydroxylation is 1. The summed E-state index contributed by atoms with van der Waals surface area (Å²) in [5, 5.41) is 16.6. The SMILES string of the molecule is O=C(O)CC(Cc1nc(CCCCNc2cnc[nH]2)no1)c1ccc2c(c1)OCO2. The summed E-state index contributed by atoms with van der Waals surface area (Å²) in [4.78, 5) is 22.7. The van der Waals surface area contributed by atoms with Crippen LogP contribution in [0.25, 0.3) is 0 Å². The van der Waals surface area contributed by atoms with Crippen molar-refractivity contribution in [2.24, 2.45) is 0 Å². The molecule has 10 nitrogen and oxygen atoms in total. The minimum absolute atomic E-state index is 0.0450. The van der Waals surface area contributed by atoms with Gasteiger partial charge in [0.05, 0.1) is 18.9 Å². The maximum Gasteiger partial charge on any atom is 0.303 e. The third-order valence-corrected chi connectivity index (χ3v) is 4.86. The molecule has 1 aliphatic rings. The largest absolute Gasteiger partial charge is 0.481 e. The summed E-state index contributed by atoms with van der Waals surface area (Å²) in [6.45, 7) is 0.991. The van der Waals surface area contributed by atoms with E-state index in [-0.39, 0.29) is 19.1 Å². The first-order valence-corrected chi connectivity index (χ1v) is 9.82. The fraction of sp³-hybridized carbons (Fsp3) is 0.400. The highest BCUT2D eigenvalue weighted by Gasteiger charge is 2.23. The number of nitrogens with zero attached hydrogens (tertiary/aromatic N) is 3. The van der Waals surface area contributed by atoms with Crippen LogP contribution in [0.2, 0.25) is 0 Å². The Balaban J connectivity index is 1.31. The first kappa shape index (κ1) is 19.7. The Hall–Kier alpha value is -3.56. The highest BCUT2D eigenvalue weighted by atomic mass is 16.7. The van der Waals surface area contributed by atoms with Crippen LogP contribution >= 0.6 is 0 Å². The minimum Gasteiger partial charge on any atom is -0.481 e. The summed E-state index contributed by atoms with van der Waals surface area (Å²) in [7, 11) is 0. The van der Waals surface area contributed by atoms with Gasteiger partial charge in [-0.15, -0.1) is 0 Å². The molecule has 0 spiro atoms. The molecule has 0 radical (unpaired) electrons. The fourth-order valence-electron chi connectivity index (χ4n) is 3.35. The van der Waals surface area contributed by atoms with Crippen LogP contribution in [-0.4, -0.2) is 44.5 Å². The molecule has 0 bridgehead atoms. The monoisotopic (exact) mass is 413 g/mol. The number of fused-ring (bicyclic) bond motifs is 1. The Bertz CT molecular complexity index is 972. The van der Waals surface area contributed by atoms with Gasteiger partial charge in [0, 0.05) is 25.3 Å². The Morgan fingerprint density at radius 3 is 3.00 bits per heavy atom. The van der Waals surface area contributed by atoms with Gasteiger partial charge in [-0.05, 0) is 30.5 Å². The summed E-state index contributed by atoms with van der Waals surface area (Å²) < 4.78 is 16.1. The van der Waals surface area contributed by atoms with Crippen molar-refractivity contribution < 1.29 is 23.9 Å². The van der Waals surface area contributed by atoms with E-state index >= 15 is 0 Å². The molecule has 3 aromatic rings. The van der Waals surface area contributed by atoms with Crippen molar-refractivity contribution in [3.05, 3.63) is 48.0 Å². The van der Waals surface area contributed by atoms with E-state index in [9.17, 15) is 9.90 Å². The van der Waals surface area contributed by atoms with Crippen LogP contribution in [0.1, 0.15) is 42.5 Å². The van der Waals surface area contributed by atoms with Gasteiger partial charge < -0.3 is 29.4 Å². The zero-order valence-corrected chi connectivity index (χ0v) is 16.3. The van der Waals surface area contributed by atoms with Crippen molar-refractivity contribution in [3.63, 3.8) is 0 Å². The number of hydrogen-bond donors (Lipinski definition) is 3. The van der Waals surface area contributed by atoms with Gasteiger partial charge in [0.25, 0.3) is 0 Å². The first-order valence-electron chi connectivity index (χ1n) is 9.82. The van der Waals surface area contributed by atoms with Gasteiger partial charge in [-0.1, -0.05) is 11.2 Å².